The summed E-state index contributed by atoms with van der Waals surface area (Å²) in [4.78, 5) is 12.0. The Morgan fingerprint density at radius 3 is 2.29 bits per heavy atom. The minimum Gasteiger partial charge on any atom is -0.325 e. The van der Waals surface area contributed by atoms with Crippen LogP contribution in [-0.2, 0) is 20.8 Å². The van der Waals surface area contributed by atoms with Crippen LogP contribution in [0.1, 0.15) is 18.4 Å². The monoisotopic (exact) mass is 321 g/mol. The number of hydrogen-bond acceptors (Lipinski definition) is 3. The van der Waals surface area contributed by atoms with Crippen molar-refractivity contribution in [2.45, 2.75) is 19.0 Å². The molecule has 8 heteroatoms. The smallest absolute Gasteiger partial charge is 0.325 e. The maximum absolute atomic E-state index is 12.8. The van der Waals surface area contributed by atoms with Gasteiger partial charge in [0.05, 0.1) is 22.8 Å². The van der Waals surface area contributed by atoms with Crippen molar-refractivity contribution >= 4 is 21.4 Å². The first-order valence-electron chi connectivity index (χ1n) is 6.36. The molecule has 1 aliphatic heterocycles. The highest BCUT2D eigenvalue weighted by atomic mass is 32.2. The van der Waals surface area contributed by atoms with Crippen LogP contribution >= 0.6 is 0 Å². The molecule has 0 aromatic heterocycles. The molecule has 0 unspecified atom stereocenters. The van der Waals surface area contributed by atoms with Gasteiger partial charge < -0.3 is 5.32 Å². The summed E-state index contributed by atoms with van der Waals surface area (Å²) in [5.41, 5.74) is -1.22. The van der Waals surface area contributed by atoms with E-state index in [9.17, 15) is 26.4 Å². The lowest BCUT2D eigenvalue weighted by molar-refractivity contribution is -0.137. The minimum absolute atomic E-state index is 0.105. The molecule has 1 aromatic rings. The molecule has 1 heterocycles. The maximum Gasteiger partial charge on any atom is 0.418 e. The number of alkyl halides is 3. The van der Waals surface area contributed by atoms with Crippen molar-refractivity contribution in [1.29, 1.82) is 0 Å². The molecule has 1 amide bonds. The van der Waals surface area contributed by atoms with E-state index in [1.165, 1.54) is 18.2 Å². The molecule has 1 fully saturated rings. The molecule has 0 radical (unpaired) electrons. The maximum atomic E-state index is 12.8. The highest BCUT2D eigenvalue weighted by molar-refractivity contribution is 7.91. The number of hydrogen-bond donors (Lipinski definition) is 1. The van der Waals surface area contributed by atoms with Crippen LogP contribution in [0, 0.1) is 5.92 Å². The van der Waals surface area contributed by atoms with Crippen molar-refractivity contribution in [2.24, 2.45) is 5.92 Å². The number of nitrogens with one attached hydrogen (secondary N) is 1. The Morgan fingerprint density at radius 2 is 1.71 bits per heavy atom. The third-order valence-corrected chi connectivity index (χ3v) is 5.13. The fourth-order valence-corrected chi connectivity index (χ4v) is 3.72. The number of carbonyl (C=O) groups excluding carboxylic acids is 1. The van der Waals surface area contributed by atoms with E-state index in [1.54, 1.807) is 0 Å². The van der Waals surface area contributed by atoms with Crippen LogP contribution in [0.25, 0.3) is 0 Å². The number of sulfone groups is 1. The Morgan fingerprint density at radius 1 is 1.14 bits per heavy atom. The number of halogens is 3. The number of para-hydroxylation sites is 1. The summed E-state index contributed by atoms with van der Waals surface area (Å²) in [5, 5.41) is 2.26. The summed E-state index contributed by atoms with van der Waals surface area (Å²) >= 11 is 0. The van der Waals surface area contributed by atoms with Crippen LogP contribution in [0.4, 0.5) is 18.9 Å². The SMILES string of the molecule is O=C(Nc1ccccc1C(F)(F)F)C1CCS(=O)(=O)CC1. The van der Waals surface area contributed by atoms with Crippen LogP contribution in [0.2, 0.25) is 0 Å². The lowest BCUT2D eigenvalue weighted by Crippen LogP contribution is -2.32. The van der Waals surface area contributed by atoms with Gasteiger partial charge in [-0.1, -0.05) is 12.1 Å². The standard InChI is InChI=1S/C13H14F3NO3S/c14-13(15,16)10-3-1-2-4-11(10)17-12(18)9-5-7-21(19,20)8-6-9/h1-4,9H,5-8H2,(H,17,18). The van der Waals surface area contributed by atoms with E-state index in [1.807, 2.05) is 0 Å². The van der Waals surface area contributed by atoms with Gasteiger partial charge in [0, 0.05) is 5.92 Å². The quantitative estimate of drug-likeness (QED) is 0.910. The Bertz CT molecular complexity index is 626. The Kier molecular flexibility index (Phi) is 4.27. The Balaban J connectivity index is 2.11. The summed E-state index contributed by atoms with van der Waals surface area (Å²) in [6, 6.07) is 4.71. The van der Waals surface area contributed by atoms with Crippen LogP contribution in [0.5, 0.6) is 0 Å². The van der Waals surface area contributed by atoms with Crippen LogP contribution in [0.15, 0.2) is 24.3 Å². The number of amides is 1. The number of benzene rings is 1. The van der Waals surface area contributed by atoms with Gasteiger partial charge in [-0.05, 0) is 25.0 Å². The molecular formula is C13H14F3NO3S. The molecule has 1 N–H and O–H groups in total. The van der Waals surface area contributed by atoms with Crippen LogP contribution in [-0.4, -0.2) is 25.8 Å². The summed E-state index contributed by atoms with van der Waals surface area (Å²) < 4.78 is 61.0. The first-order chi connectivity index (χ1) is 9.69. The normalized spacial score (nSPS) is 19.2. The third kappa shape index (κ3) is 3.96. The second-order valence-electron chi connectivity index (χ2n) is 4.96. The zero-order chi connectivity index (χ0) is 15.7. The third-order valence-electron chi connectivity index (χ3n) is 3.42. The lowest BCUT2D eigenvalue weighted by atomic mass is 10.0. The van der Waals surface area contributed by atoms with Crippen molar-refractivity contribution in [3.05, 3.63) is 29.8 Å². The summed E-state index contributed by atoms with van der Waals surface area (Å²) in [6.45, 7) is 0. The van der Waals surface area contributed by atoms with E-state index in [-0.39, 0.29) is 30.0 Å². The molecule has 2 rings (SSSR count). The van der Waals surface area contributed by atoms with Crippen molar-refractivity contribution in [2.75, 3.05) is 16.8 Å². The molecular weight excluding hydrogens is 307 g/mol. The summed E-state index contributed by atoms with van der Waals surface area (Å²) in [7, 11) is -3.11. The van der Waals surface area contributed by atoms with Crippen molar-refractivity contribution in [3.8, 4) is 0 Å². The van der Waals surface area contributed by atoms with Gasteiger partial charge in [-0.15, -0.1) is 0 Å². The van der Waals surface area contributed by atoms with Gasteiger partial charge in [0.1, 0.15) is 9.84 Å². The van der Waals surface area contributed by atoms with E-state index in [0.29, 0.717) is 0 Å². The number of carbonyl (C=O) groups is 1. The van der Waals surface area contributed by atoms with Gasteiger partial charge in [0.25, 0.3) is 0 Å². The second-order valence-corrected chi connectivity index (χ2v) is 7.26. The Labute approximate surface area is 120 Å². The van der Waals surface area contributed by atoms with E-state index < -0.39 is 33.4 Å². The Hall–Kier alpha value is -1.57. The molecule has 1 aliphatic rings. The average Bonchev–Trinajstić information content (AvgIpc) is 2.37. The highest BCUT2D eigenvalue weighted by Gasteiger charge is 2.35. The van der Waals surface area contributed by atoms with Gasteiger partial charge in [-0.25, -0.2) is 8.42 Å². The lowest BCUT2D eigenvalue weighted by Gasteiger charge is -2.22. The largest absolute Gasteiger partial charge is 0.418 e. The molecule has 0 atom stereocenters. The van der Waals surface area contributed by atoms with E-state index in [2.05, 4.69) is 5.32 Å². The molecule has 21 heavy (non-hydrogen) atoms. The van der Waals surface area contributed by atoms with Crippen LogP contribution < -0.4 is 5.32 Å². The van der Waals surface area contributed by atoms with Gasteiger partial charge >= 0.3 is 6.18 Å². The first kappa shape index (κ1) is 15.8. The fraction of sp³-hybridized carbons (Fsp3) is 0.462. The van der Waals surface area contributed by atoms with E-state index in [4.69, 9.17) is 0 Å². The van der Waals surface area contributed by atoms with Crippen LogP contribution in [0.3, 0.4) is 0 Å². The molecule has 1 saturated heterocycles. The fourth-order valence-electron chi connectivity index (χ4n) is 2.23. The number of rotatable bonds is 2. The second kappa shape index (κ2) is 5.67. The number of anilines is 1. The zero-order valence-corrected chi connectivity index (χ0v) is 11.8. The summed E-state index contributed by atoms with van der Waals surface area (Å²) in [6.07, 6.45) is -4.27. The van der Waals surface area contributed by atoms with Crippen molar-refractivity contribution in [3.63, 3.8) is 0 Å². The average molecular weight is 321 g/mol. The molecule has 1 aromatic carbocycles. The van der Waals surface area contributed by atoms with Crippen molar-refractivity contribution in [1.82, 2.24) is 0 Å². The van der Waals surface area contributed by atoms with Gasteiger partial charge in [0.2, 0.25) is 5.91 Å². The molecule has 4 nitrogen and oxygen atoms in total. The molecule has 0 bridgehead atoms. The molecule has 116 valence electrons. The highest BCUT2D eigenvalue weighted by Crippen LogP contribution is 2.35. The molecule has 0 spiro atoms. The predicted molar refractivity (Wildman–Crippen MR) is 71.5 cm³/mol. The zero-order valence-electron chi connectivity index (χ0n) is 11.0. The first-order valence-corrected chi connectivity index (χ1v) is 8.19. The van der Waals surface area contributed by atoms with E-state index in [0.717, 1.165) is 6.07 Å². The van der Waals surface area contributed by atoms with Gasteiger partial charge in [-0.2, -0.15) is 13.2 Å². The van der Waals surface area contributed by atoms with Gasteiger partial charge in [0.15, 0.2) is 0 Å². The van der Waals surface area contributed by atoms with Crippen molar-refractivity contribution < 1.29 is 26.4 Å². The topological polar surface area (TPSA) is 63.2 Å². The van der Waals surface area contributed by atoms with Gasteiger partial charge in [-0.3, -0.25) is 4.79 Å². The predicted octanol–water partition coefficient (Wildman–Crippen LogP) is 2.47. The van der Waals surface area contributed by atoms with E-state index >= 15 is 0 Å². The molecule has 0 saturated carbocycles. The molecule has 0 aliphatic carbocycles. The summed E-state index contributed by atoms with van der Waals surface area (Å²) in [5.74, 6) is -1.35. The minimum atomic E-state index is -4.56.